The molecule has 29 heteroatoms. The molecule has 0 radical (unpaired) electrons. The van der Waals surface area contributed by atoms with Crippen molar-refractivity contribution in [1.29, 1.82) is 0 Å². The lowest BCUT2D eigenvalue weighted by atomic mass is 9.94. The van der Waals surface area contributed by atoms with Crippen molar-refractivity contribution in [1.82, 2.24) is 60.0 Å². The number of hydrogen-bond donors (Lipinski definition) is 3. The zero-order valence-electron chi connectivity index (χ0n) is 61.1. The van der Waals surface area contributed by atoms with Gasteiger partial charge in [0.2, 0.25) is 70.9 Å². The van der Waals surface area contributed by atoms with Gasteiger partial charge in [-0.15, -0.1) is 0 Å². The maximum absolute atomic E-state index is 15.0. The van der Waals surface area contributed by atoms with Crippen LogP contribution in [0.5, 0.6) is 0 Å². The Bertz CT molecular complexity index is 3310. The third kappa shape index (κ3) is 20.3. The molecule has 12 amide bonds. The second-order valence-electron chi connectivity index (χ2n) is 28.4. The van der Waals surface area contributed by atoms with Crippen LogP contribution in [0, 0.1) is 36.3 Å². The number of carbonyl (C=O) groups is 12. The van der Waals surface area contributed by atoms with Crippen LogP contribution in [0.15, 0.2) is 36.4 Å². The Balaban J connectivity index is 1.38. The van der Waals surface area contributed by atoms with Crippen LogP contribution < -0.4 is 16.0 Å². The molecule has 0 unspecified atom stereocenters. The molecule has 3 N–H and O–H groups in total. The van der Waals surface area contributed by atoms with Crippen molar-refractivity contribution in [3.63, 3.8) is 0 Å². The standard InChI is InChI=1S/C72H105F5N12O12/c1-15-44(6)61-70(100)83(11)45(7)65(95)89-35-32-53(89)69(99)87(16-2)56(39-46-28-26-43(5)27-29-46)68(98)82(10)41-57(90)79-51(31-30-47-37-49(73)60(50(74)38-47)72(75,76)77)66(96)88-34-21-24-52(88)63(93)78-33-20-19-25-58(91)86(14)62(48-22-17-18-23-48)71(101)85(13)55(67(97)81(8)9)40-59(92)84(12)54(36-42(3)4)64(94)80-61/h26-29,37-38,42,44-45,48,51-56,61-62H,15-25,30-36,39-41H2,1-14H3,(H,78,93)(H,79,90)(H,80,94)/t44-,45-,51-,52-,53-,54-,55-,56-,61-,62-/m0/s1. The molecule has 1 saturated carbocycles. The van der Waals surface area contributed by atoms with Crippen molar-refractivity contribution in [2.45, 2.75) is 212 Å². The molecule has 4 fully saturated rings. The normalized spacial score (nSPS) is 25.7. The minimum absolute atomic E-state index is 0.00874. The molecule has 24 nitrogen and oxygen atoms in total. The molecule has 560 valence electrons. The van der Waals surface area contributed by atoms with Crippen LogP contribution in [0.25, 0.3) is 0 Å². The third-order valence-electron chi connectivity index (χ3n) is 20.6. The summed E-state index contributed by atoms with van der Waals surface area (Å²) >= 11 is 0. The maximum atomic E-state index is 15.0. The third-order valence-corrected chi connectivity index (χ3v) is 20.6. The van der Waals surface area contributed by atoms with E-state index >= 15 is 14.4 Å². The molecule has 6 rings (SSSR count). The van der Waals surface area contributed by atoms with E-state index in [1.807, 2.05) is 39.8 Å². The maximum Gasteiger partial charge on any atom is 0.422 e. The van der Waals surface area contributed by atoms with Crippen LogP contribution in [0.3, 0.4) is 0 Å². The van der Waals surface area contributed by atoms with E-state index < -0.39 is 180 Å². The SMILES string of the molecule is CC[C@H](C)[C@@H]1NC(=O)[C@H](CC(C)C)N(C)C(=O)C[C@@H](C(=O)N(C)C)N(C)C(=O)[C@H](C2CCCC2)N(C)C(=O)CCCCNC(=O)[C@@H]2CCCN2C(=O)[C@H](CCc2cc(F)c(C(F)(F)F)c(F)c2)NC(=O)CN(C)C(=O)[C@H](Cc2ccc(C)cc2)N(CC)C(=O)[C@@H]2CCN2C(=O)[C@H](C)N(C)C1=O. The number of fused-ring (bicyclic) bond motifs is 2. The van der Waals surface area contributed by atoms with Crippen molar-refractivity contribution < 1.29 is 79.5 Å². The second-order valence-corrected chi connectivity index (χ2v) is 28.4. The van der Waals surface area contributed by atoms with Gasteiger partial charge in [0.25, 0.3) is 0 Å². The molecule has 3 saturated heterocycles. The molecule has 0 spiro atoms. The van der Waals surface area contributed by atoms with E-state index in [0.29, 0.717) is 43.4 Å². The van der Waals surface area contributed by atoms with Gasteiger partial charge in [-0.2, -0.15) is 13.2 Å². The summed E-state index contributed by atoms with van der Waals surface area (Å²) in [5.41, 5.74) is -0.889. The van der Waals surface area contributed by atoms with E-state index in [-0.39, 0.29) is 88.5 Å². The quantitative estimate of drug-likeness (QED) is 0.235. The lowest BCUT2D eigenvalue weighted by molar-refractivity contribution is -0.160. The van der Waals surface area contributed by atoms with Gasteiger partial charge in [0, 0.05) is 88.4 Å². The summed E-state index contributed by atoms with van der Waals surface area (Å²) in [6, 6.07) is -3.10. The van der Waals surface area contributed by atoms with Gasteiger partial charge in [0.15, 0.2) is 0 Å². The number of nitrogens with one attached hydrogen (secondary N) is 3. The number of hydrogen-bond acceptors (Lipinski definition) is 12. The summed E-state index contributed by atoms with van der Waals surface area (Å²) in [6.45, 7) is 11.6. The van der Waals surface area contributed by atoms with Gasteiger partial charge in [0.1, 0.15) is 71.6 Å². The number of rotatable bonds is 12. The molecular weight excluding hydrogens is 1320 g/mol. The van der Waals surface area contributed by atoms with Gasteiger partial charge in [-0.25, -0.2) is 8.78 Å². The Kier molecular flexibility index (Phi) is 29.2. The molecule has 3 aliphatic heterocycles. The highest BCUT2D eigenvalue weighted by atomic mass is 19.4. The van der Waals surface area contributed by atoms with E-state index in [0.717, 1.165) is 23.3 Å². The smallest absolute Gasteiger partial charge is 0.354 e. The number of aryl methyl sites for hydroxylation is 2. The topological polar surface area (TPSA) is 270 Å². The molecule has 3 heterocycles. The number of amides is 12. The average molecular weight is 1430 g/mol. The average Bonchev–Trinajstić information content (AvgIpc) is 1.43. The first-order chi connectivity index (χ1) is 47.4. The summed E-state index contributed by atoms with van der Waals surface area (Å²) in [5, 5.41) is 8.33. The van der Waals surface area contributed by atoms with Crippen molar-refractivity contribution in [3.8, 4) is 0 Å². The van der Waals surface area contributed by atoms with Crippen LogP contribution in [-0.4, -0.2) is 251 Å². The van der Waals surface area contributed by atoms with E-state index in [4.69, 9.17) is 0 Å². The monoisotopic (exact) mass is 1420 g/mol. The van der Waals surface area contributed by atoms with Gasteiger partial charge in [-0.1, -0.05) is 76.8 Å². The lowest BCUT2D eigenvalue weighted by Gasteiger charge is -2.45. The minimum atomic E-state index is -5.37. The minimum Gasteiger partial charge on any atom is -0.354 e. The van der Waals surface area contributed by atoms with Crippen molar-refractivity contribution in [2.75, 3.05) is 82.1 Å². The highest BCUT2D eigenvalue weighted by molar-refractivity contribution is 5.99. The molecule has 2 aromatic carbocycles. The van der Waals surface area contributed by atoms with Gasteiger partial charge in [-0.05, 0) is 126 Å². The van der Waals surface area contributed by atoms with Crippen molar-refractivity contribution >= 4 is 70.9 Å². The summed E-state index contributed by atoms with van der Waals surface area (Å²) in [5.74, 6) is -12.7. The van der Waals surface area contributed by atoms with Gasteiger partial charge < -0.3 is 60.0 Å². The molecule has 0 bridgehead atoms. The van der Waals surface area contributed by atoms with E-state index in [1.165, 1.54) is 95.5 Å². The van der Waals surface area contributed by atoms with Crippen LogP contribution in [0.2, 0.25) is 0 Å². The number of carbonyl (C=O) groups excluding carboxylic acids is 12. The zero-order valence-corrected chi connectivity index (χ0v) is 61.1. The summed E-state index contributed by atoms with van der Waals surface area (Å²) in [4.78, 5) is 187. The molecule has 0 aromatic heterocycles. The van der Waals surface area contributed by atoms with Crippen molar-refractivity contribution in [3.05, 3.63) is 70.3 Å². The second kappa shape index (κ2) is 36.0. The van der Waals surface area contributed by atoms with E-state index in [1.54, 1.807) is 26.0 Å². The van der Waals surface area contributed by atoms with E-state index in [2.05, 4.69) is 16.0 Å². The van der Waals surface area contributed by atoms with Crippen LogP contribution in [0.4, 0.5) is 22.0 Å². The highest BCUT2D eigenvalue weighted by Gasteiger charge is 2.48. The predicted molar refractivity (Wildman–Crippen MR) is 365 cm³/mol. The number of benzene rings is 2. The largest absolute Gasteiger partial charge is 0.422 e. The summed E-state index contributed by atoms with van der Waals surface area (Å²) in [6.07, 6.45) is -2.62. The van der Waals surface area contributed by atoms with Gasteiger partial charge in [0.05, 0.1) is 13.0 Å². The first kappa shape index (κ1) is 81.7. The van der Waals surface area contributed by atoms with Gasteiger partial charge in [-0.3, -0.25) is 57.5 Å². The fraction of sp³-hybridized carbons (Fsp3) is 0.667. The van der Waals surface area contributed by atoms with Crippen LogP contribution in [0.1, 0.15) is 154 Å². The molecule has 10 atom stereocenters. The Morgan fingerprint density at radius 2 is 1.28 bits per heavy atom. The lowest BCUT2D eigenvalue weighted by Crippen LogP contribution is -2.65. The Morgan fingerprint density at radius 3 is 1.84 bits per heavy atom. The molecule has 2 aromatic rings. The molecule has 1 aliphatic carbocycles. The van der Waals surface area contributed by atoms with Crippen molar-refractivity contribution in [2.24, 2.45) is 17.8 Å². The van der Waals surface area contributed by atoms with Gasteiger partial charge >= 0.3 is 6.18 Å². The first-order valence-corrected chi connectivity index (χ1v) is 35.4. The molecule has 4 aliphatic rings. The number of nitrogens with zero attached hydrogens (tertiary/aromatic N) is 9. The molecule has 101 heavy (non-hydrogen) atoms. The fourth-order valence-corrected chi connectivity index (χ4v) is 14.0. The number of halogens is 5. The fourth-order valence-electron chi connectivity index (χ4n) is 14.0. The zero-order chi connectivity index (χ0) is 75.2. The highest BCUT2D eigenvalue weighted by Crippen LogP contribution is 2.36. The predicted octanol–water partition coefficient (Wildman–Crippen LogP) is 5.09. The Labute approximate surface area is 590 Å². The Morgan fingerprint density at radius 1 is 0.653 bits per heavy atom. The van der Waals surface area contributed by atoms with E-state index in [9.17, 15) is 65.1 Å². The molecular formula is C72H105F5N12O12. The number of alkyl halides is 3. The number of likely N-dealkylation sites (N-methyl/N-ethyl adjacent to an activating group) is 7. The van der Waals surface area contributed by atoms with Crippen LogP contribution >= 0.6 is 0 Å². The Hall–Kier alpha value is -8.27. The summed E-state index contributed by atoms with van der Waals surface area (Å²) < 4.78 is 70.9. The first-order valence-electron chi connectivity index (χ1n) is 35.4. The van der Waals surface area contributed by atoms with Crippen LogP contribution in [-0.2, 0) is 76.6 Å². The summed E-state index contributed by atoms with van der Waals surface area (Å²) in [7, 11) is 9.97.